The van der Waals surface area contributed by atoms with Gasteiger partial charge < -0.3 is 20.7 Å². The van der Waals surface area contributed by atoms with E-state index in [1.165, 1.54) is 11.1 Å². The van der Waals surface area contributed by atoms with Gasteiger partial charge in [0.15, 0.2) is 0 Å². The van der Waals surface area contributed by atoms with Crippen molar-refractivity contribution in [3.05, 3.63) is 35.4 Å². The topological polar surface area (TPSA) is 96.5 Å². The van der Waals surface area contributed by atoms with Crippen molar-refractivity contribution in [1.29, 1.82) is 0 Å². The van der Waals surface area contributed by atoms with Crippen LogP contribution in [0.15, 0.2) is 24.3 Å². The molecule has 3 N–H and O–H groups in total. The van der Waals surface area contributed by atoms with Crippen molar-refractivity contribution < 1.29 is 19.1 Å². The van der Waals surface area contributed by atoms with Crippen molar-refractivity contribution in [3.63, 3.8) is 0 Å². The maximum Gasteiger partial charge on any atom is 0.407 e. The largest absolute Gasteiger partial charge is 0.444 e. The van der Waals surface area contributed by atoms with Gasteiger partial charge in [-0.1, -0.05) is 24.3 Å². The minimum Gasteiger partial charge on any atom is -0.444 e. The summed E-state index contributed by atoms with van der Waals surface area (Å²) in [6.07, 6.45) is 2.42. The first-order valence-electron chi connectivity index (χ1n) is 9.87. The number of aryl methyl sites for hydroxylation is 1. The van der Waals surface area contributed by atoms with E-state index in [1.807, 2.05) is 12.1 Å². The van der Waals surface area contributed by atoms with Crippen LogP contribution in [0.25, 0.3) is 0 Å². The van der Waals surface area contributed by atoms with Gasteiger partial charge in [-0.25, -0.2) is 4.79 Å². The van der Waals surface area contributed by atoms with E-state index in [0.29, 0.717) is 13.0 Å². The van der Waals surface area contributed by atoms with E-state index >= 15 is 0 Å². The molecule has 2 amide bonds. The lowest BCUT2D eigenvalue weighted by atomic mass is 9.88. The average molecular weight is 387 g/mol. The highest BCUT2D eigenvalue weighted by Gasteiger charge is 2.38. The number of carbonyl (C=O) groups is 3. The first-order valence-corrected chi connectivity index (χ1v) is 9.87. The van der Waals surface area contributed by atoms with Gasteiger partial charge >= 0.3 is 6.09 Å². The molecule has 0 saturated carbocycles. The molecule has 3 rings (SSSR count). The second kappa shape index (κ2) is 8.31. The number of Topliss-reactive ketones (excluding diaryl/α,β-unsaturated/α-hetero) is 1. The fourth-order valence-corrected chi connectivity index (χ4v) is 3.81. The molecule has 3 atom stereocenters. The Bertz CT molecular complexity index is 756. The van der Waals surface area contributed by atoms with Gasteiger partial charge in [0.25, 0.3) is 5.91 Å². The number of nitrogens with one attached hydrogen (secondary N) is 3. The van der Waals surface area contributed by atoms with Crippen molar-refractivity contribution >= 4 is 17.8 Å². The second-order valence-electron chi connectivity index (χ2n) is 8.52. The van der Waals surface area contributed by atoms with Gasteiger partial charge in [0.05, 0.1) is 12.1 Å². The van der Waals surface area contributed by atoms with Crippen LogP contribution in [-0.2, 0) is 27.2 Å². The minimum absolute atomic E-state index is 0.0509. The van der Waals surface area contributed by atoms with Crippen molar-refractivity contribution in [3.8, 4) is 0 Å². The SMILES string of the molecule is CC(C)(C)OC(=O)NC1CCNC1C(=O)C(=O)NC1CCc2ccccc2C1. The second-order valence-corrected chi connectivity index (χ2v) is 8.52. The summed E-state index contributed by atoms with van der Waals surface area (Å²) in [6.45, 7) is 5.88. The number of ether oxygens (including phenoxy) is 1. The summed E-state index contributed by atoms with van der Waals surface area (Å²) in [6, 6.07) is 6.94. The van der Waals surface area contributed by atoms with Crippen molar-refractivity contribution in [2.24, 2.45) is 0 Å². The molecular weight excluding hydrogens is 358 g/mol. The summed E-state index contributed by atoms with van der Waals surface area (Å²) in [7, 11) is 0. The fourth-order valence-electron chi connectivity index (χ4n) is 3.81. The van der Waals surface area contributed by atoms with Gasteiger partial charge in [-0.3, -0.25) is 9.59 Å². The van der Waals surface area contributed by atoms with Gasteiger partial charge in [0.2, 0.25) is 5.78 Å². The molecule has 7 nitrogen and oxygen atoms in total. The third kappa shape index (κ3) is 5.10. The summed E-state index contributed by atoms with van der Waals surface area (Å²) in [5.74, 6) is -1.14. The Morgan fingerprint density at radius 2 is 1.79 bits per heavy atom. The standard InChI is InChI=1S/C21H29N3O4/c1-21(2,3)28-20(27)24-16-10-11-22-17(16)18(25)19(26)23-15-9-8-13-6-4-5-7-14(13)12-15/h4-7,15-17,22H,8-12H2,1-3H3,(H,23,26)(H,24,27). The number of rotatable bonds is 4. The molecule has 1 fully saturated rings. The van der Waals surface area contributed by atoms with Gasteiger partial charge in [-0.05, 0) is 64.1 Å². The van der Waals surface area contributed by atoms with Crippen molar-refractivity contribution in [2.75, 3.05) is 6.54 Å². The van der Waals surface area contributed by atoms with E-state index in [-0.39, 0.29) is 6.04 Å². The van der Waals surface area contributed by atoms with E-state index in [4.69, 9.17) is 4.74 Å². The summed E-state index contributed by atoms with van der Waals surface area (Å²) in [4.78, 5) is 37.2. The number of amides is 2. The molecule has 1 aromatic rings. The van der Waals surface area contributed by atoms with Crippen LogP contribution in [0.4, 0.5) is 4.79 Å². The van der Waals surface area contributed by atoms with E-state index < -0.39 is 35.5 Å². The Labute approximate surface area is 165 Å². The molecule has 1 aliphatic heterocycles. The highest BCUT2D eigenvalue weighted by molar-refractivity contribution is 6.38. The number of hydrogen-bond donors (Lipinski definition) is 3. The molecule has 1 aliphatic carbocycles. The van der Waals surface area contributed by atoms with Gasteiger partial charge in [0.1, 0.15) is 5.60 Å². The van der Waals surface area contributed by atoms with E-state index in [9.17, 15) is 14.4 Å². The molecule has 0 bridgehead atoms. The Morgan fingerprint density at radius 3 is 2.50 bits per heavy atom. The van der Waals surface area contributed by atoms with Gasteiger partial charge in [-0.2, -0.15) is 0 Å². The predicted molar refractivity (Wildman–Crippen MR) is 105 cm³/mol. The molecule has 0 aromatic heterocycles. The number of fused-ring (bicyclic) bond motifs is 1. The Kier molecular flexibility index (Phi) is 6.03. The molecule has 1 heterocycles. The Balaban J connectivity index is 1.55. The van der Waals surface area contributed by atoms with Crippen LogP contribution < -0.4 is 16.0 Å². The first kappa shape index (κ1) is 20.3. The molecular formula is C21H29N3O4. The molecule has 0 spiro atoms. The van der Waals surface area contributed by atoms with Gasteiger partial charge in [-0.15, -0.1) is 0 Å². The van der Waals surface area contributed by atoms with Crippen LogP contribution in [0, 0.1) is 0 Å². The van der Waals surface area contributed by atoms with Crippen LogP contribution in [0.3, 0.4) is 0 Å². The zero-order valence-electron chi connectivity index (χ0n) is 16.7. The number of ketones is 1. The fraction of sp³-hybridized carbons (Fsp3) is 0.571. The third-order valence-corrected chi connectivity index (χ3v) is 5.11. The average Bonchev–Trinajstić information content (AvgIpc) is 3.07. The lowest BCUT2D eigenvalue weighted by Gasteiger charge is -2.26. The Morgan fingerprint density at radius 1 is 1.07 bits per heavy atom. The third-order valence-electron chi connectivity index (χ3n) is 5.11. The van der Waals surface area contributed by atoms with Crippen LogP contribution in [0.5, 0.6) is 0 Å². The van der Waals surface area contributed by atoms with E-state index in [1.54, 1.807) is 20.8 Å². The van der Waals surface area contributed by atoms with Crippen LogP contribution in [-0.4, -0.2) is 48.1 Å². The lowest BCUT2D eigenvalue weighted by Crippen LogP contribution is -2.54. The van der Waals surface area contributed by atoms with Crippen LogP contribution in [0.2, 0.25) is 0 Å². The first-order chi connectivity index (χ1) is 13.2. The summed E-state index contributed by atoms with van der Waals surface area (Å²) < 4.78 is 5.25. The number of carbonyl (C=O) groups excluding carboxylic acids is 3. The zero-order chi connectivity index (χ0) is 20.3. The van der Waals surface area contributed by atoms with Crippen LogP contribution >= 0.6 is 0 Å². The van der Waals surface area contributed by atoms with Crippen LogP contribution in [0.1, 0.15) is 44.7 Å². The zero-order valence-corrected chi connectivity index (χ0v) is 16.7. The molecule has 1 saturated heterocycles. The van der Waals surface area contributed by atoms with Crippen molar-refractivity contribution in [1.82, 2.24) is 16.0 Å². The summed E-state index contributed by atoms with van der Waals surface area (Å²) >= 11 is 0. The van der Waals surface area contributed by atoms with E-state index in [0.717, 1.165) is 19.3 Å². The summed E-state index contributed by atoms with van der Waals surface area (Å²) in [5.41, 5.74) is 1.90. The maximum absolute atomic E-state index is 12.7. The number of hydrogen-bond acceptors (Lipinski definition) is 5. The monoisotopic (exact) mass is 387 g/mol. The highest BCUT2D eigenvalue weighted by Crippen LogP contribution is 2.21. The minimum atomic E-state index is -0.733. The number of benzene rings is 1. The smallest absolute Gasteiger partial charge is 0.407 e. The van der Waals surface area contributed by atoms with E-state index in [2.05, 4.69) is 28.1 Å². The molecule has 1 aromatic carbocycles. The lowest BCUT2D eigenvalue weighted by molar-refractivity contribution is -0.139. The van der Waals surface area contributed by atoms with Crippen molar-refractivity contribution in [2.45, 2.75) is 70.2 Å². The predicted octanol–water partition coefficient (Wildman–Crippen LogP) is 1.48. The molecule has 0 radical (unpaired) electrons. The Hall–Kier alpha value is -2.41. The molecule has 3 unspecified atom stereocenters. The number of alkyl carbamates (subject to hydrolysis) is 1. The normalized spacial score (nSPS) is 24.2. The maximum atomic E-state index is 12.7. The molecule has 28 heavy (non-hydrogen) atoms. The summed E-state index contributed by atoms with van der Waals surface area (Å²) in [5, 5.41) is 8.62. The highest BCUT2D eigenvalue weighted by atomic mass is 16.6. The molecule has 2 aliphatic rings. The van der Waals surface area contributed by atoms with Gasteiger partial charge in [0, 0.05) is 6.04 Å². The molecule has 7 heteroatoms. The molecule has 152 valence electrons. The quantitative estimate of drug-likeness (QED) is 0.680.